The number of carbonyl (C=O) groups excluding carboxylic acids is 2. The summed E-state index contributed by atoms with van der Waals surface area (Å²) in [4.78, 5) is 39.0. The van der Waals surface area contributed by atoms with Crippen LogP contribution in [0.25, 0.3) is 0 Å². The second kappa shape index (κ2) is 7.28. The number of halogens is 2. The van der Waals surface area contributed by atoms with E-state index < -0.39 is 46.4 Å². The van der Waals surface area contributed by atoms with Gasteiger partial charge < -0.3 is 24.6 Å². The fourth-order valence-corrected chi connectivity index (χ4v) is 3.49. The Hall–Kier alpha value is -3.27. The minimum absolute atomic E-state index is 0.0310. The highest BCUT2D eigenvalue weighted by molar-refractivity contribution is 5.99. The standard InChI is InChI=1S/C19H17F2N3O5/c20-11-3-2-10(13(21)6-11)7-22-18(27)12-8-23-9-14-24(4-1-5-29-14)19(28)15(23)17(26)16(12)25/h2-3,6,8,14,26H,1,4-5,7,9H2,(H,22,27)/t14-/m0/s1. The van der Waals surface area contributed by atoms with Gasteiger partial charge in [0, 0.05) is 30.9 Å². The van der Waals surface area contributed by atoms with Gasteiger partial charge in [-0.1, -0.05) is 6.07 Å². The van der Waals surface area contributed by atoms with Crippen LogP contribution in [0.1, 0.15) is 32.8 Å². The Bertz CT molecular complexity index is 1070. The van der Waals surface area contributed by atoms with Crippen molar-refractivity contribution in [2.75, 3.05) is 13.2 Å². The molecule has 1 saturated heterocycles. The second-order valence-corrected chi connectivity index (χ2v) is 6.82. The lowest BCUT2D eigenvalue weighted by Crippen LogP contribution is -2.53. The Labute approximate surface area is 163 Å². The van der Waals surface area contributed by atoms with Crippen molar-refractivity contribution in [2.45, 2.75) is 25.7 Å². The maximum Gasteiger partial charge on any atom is 0.276 e. The van der Waals surface area contributed by atoms with E-state index >= 15 is 0 Å². The lowest BCUT2D eigenvalue weighted by atomic mass is 10.1. The van der Waals surface area contributed by atoms with E-state index in [1.165, 1.54) is 21.7 Å². The zero-order valence-corrected chi connectivity index (χ0v) is 15.2. The van der Waals surface area contributed by atoms with Gasteiger partial charge in [-0.3, -0.25) is 14.4 Å². The number of aromatic hydroxyl groups is 1. The predicted octanol–water partition coefficient (Wildman–Crippen LogP) is 0.964. The summed E-state index contributed by atoms with van der Waals surface area (Å²) in [5.74, 6) is -3.81. The van der Waals surface area contributed by atoms with E-state index in [4.69, 9.17) is 4.74 Å². The van der Waals surface area contributed by atoms with Crippen molar-refractivity contribution < 1.29 is 28.2 Å². The Kier molecular flexibility index (Phi) is 4.79. The van der Waals surface area contributed by atoms with Gasteiger partial charge in [0.05, 0.1) is 13.2 Å². The monoisotopic (exact) mass is 405 g/mol. The van der Waals surface area contributed by atoms with Crippen LogP contribution in [0, 0.1) is 11.6 Å². The summed E-state index contributed by atoms with van der Waals surface area (Å²) in [5.41, 5.74) is -1.56. The Morgan fingerprint density at radius 1 is 1.31 bits per heavy atom. The van der Waals surface area contributed by atoms with E-state index in [0.29, 0.717) is 25.6 Å². The third kappa shape index (κ3) is 3.35. The lowest BCUT2D eigenvalue weighted by Gasteiger charge is -2.40. The first kappa shape index (κ1) is 19.1. The largest absolute Gasteiger partial charge is 0.503 e. The molecular weight excluding hydrogens is 388 g/mol. The average Bonchev–Trinajstić information content (AvgIpc) is 2.70. The van der Waals surface area contributed by atoms with Gasteiger partial charge in [0.25, 0.3) is 11.8 Å². The van der Waals surface area contributed by atoms with Crippen LogP contribution in [-0.2, 0) is 17.8 Å². The van der Waals surface area contributed by atoms with Crippen molar-refractivity contribution in [1.82, 2.24) is 14.8 Å². The summed E-state index contributed by atoms with van der Waals surface area (Å²) >= 11 is 0. The lowest BCUT2D eigenvalue weighted by molar-refractivity contribution is -0.0920. The van der Waals surface area contributed by atoms with E-state index in [0.717, 1.165) is 6.07 Å². The van der Waals surface area contributed by atoms with Gasteiger partial charge in [-0.05, 0) is 12.5 Å². The van der Waals surface area contributed by atoms with Crippen molar-refractivity contribution in [3.63, 3.8) is 0 Å². The molecule has 0 aliphatic carbocycles. The molecule has 0 saturated carbocycles. The van der Waals surface area contributed by atoms with E-state index in [-0.39, 0.29) is 24.3 Å². The van der Waals surface area contributed by atoms with Crippen LogP contribution < -0.4 is 10.7 Å². The molecule has 3 heterocycles. The van der Waals surface area contributed by atoms with Crippen LogP contribution in [0.4, 0.5) is 8.78 Å². The molecule has 2 aromatic rings. The summed E-state index contributed by atoms with van der Waals surface area (Å²) in [5, 5.41) is 12.7. The molecule has 0 bridgehead atoms. The number of hydrogen-bond acceptors (Lipinski definition) is 5. The highest BCUT2D eigenvalue weighted by Gasteiger charge is 2.38. The number of rotatable bonds is 3. The van der Waals surface area contributed by atoms with Crippen LogP contribution in [0.2, 0.25) is 0 Å². The number of carbonyl (C=O) groups is 2. The van der Waals surface area contributed by atoms with Crippen molar-refractivity contribution in [3.8, 4) is 5.75 Å². The maximum absolute atomic E-state index is 13.7. The van der Waals surface area contributed by atoms with Crippen LogP contribution >= 0.6 is 0 Å². The van der Waals surface area contributed by atoms with Gasteiger partial charge in [0.1, 0.15) is 17.2 Å². The van der Waals surface area contributed by atoms with E-state index in [1.807, 2.05) is 0 Å². The Balaban J connectivity index is 1.61. The minimum atomic E-state index is -1.00. The smallest absolute Gasteiger partial charge is 0.276 e. The highest BCUT2D eigenvalue weighted by Crippen LogP contribution is 2.26. The molecule has 1 atom stereocenters. The summed E-state index contributed by atoms with van der Waals surface area (Å²) in [6, 6.07) is 2.91. The molecule has 10 heteroatoms. The first-order chi connectivity index (χ1) is 13.9. The zero-order chi connectivity index (χ0) is 20.7. The number of pyridine rings is 1. The quantitative estimate of drug-likeness (QED) is 0.793. The van der Waals surface area contributed by atoms with Crippen LogP contribution in [0.15, 0.2) is 29.2 Å². The molecule has 1 fully saturated rings. The maximum atomic E-state index is 13.7. The molecule has 2 amide bonds. The van der Waals surface area contributed by atoms with Crippen LogP contribution in [0.5, 0.6) is 5.75 Å². The topological polar surface area (TPSA) is 101 Å². The molecule has 2 aliphatic rings. The molecule has 29 heavy (non-hydrogen) atoms. The molecule has 4 rings (SSSR count). The minimum Gasteiger partial charge on any atom is -0.503 e. The molecule has 2 N–H and O–H groups in total. The van der Waals surface area contributed by atoms with Gasteiger partial charge in [0.2, 0.25) is 5.43 Å². The van der Waals surface area contributed by atoms with Gasteiger partial charge in [0.15, 0.2) is 17.7 Å². The molecule has 0 spiro atoms. The molecule has 2 aliphatic heterocycles. The molecule has 8 nitrogen and oxygen atoms in total. The first-order valence-corrected chi connectivity index (χ1v) is 8.98. The van der Waals surface area contributed by atoms with Gasteiger partial charge in [-0.25, -0.2) is 8.78 Å². The summed E-state index contributed by atoms with van der Waals surface area (Å²) in [7, 11) is 0. The molecule has 0 radical (unpaired) electrons. The van der Waals surface area contributed by atoms with Gasteiger partial charge in [-0.2, -0.15) is 0 Å². The number of ether oxygens (including phenoxy) is 1. The predicted molar refractivity (Wildman–Crippen MR) is 95.3 cm³/mol. The van der Waals surface area contributed by atoms with Crippen LogP contribution in [-0.4, -0.2) is 45.8 Å². The number of amides is 2. The summed E-state index contributed by atoms with van der Waals surface area (Å²) < 4.78 is 33.6. The molecule has 1 aromatic heterocycles. The second-order valence-electron chi connectivity index (χ2n) is 6.82. The van der Waals surface area contributed by atoms with Gasteiger partial charge in [-0.15, -0.1) is 0 Å². The number of nitrogens with one attached hydrogen (secondary N) is 1. The van der Waals surface area contributed by atoms with Crippen molar-refractivity contribution in [1.29, 1.82) is 0 Å². The molecular formula is C19H17F2N3O5. The van der Waals surface area contributed by atoms with Crippen molar-refractivity contribution in [3.05, 3.63) is 63.1 Å². The normalized spacial score (nSPS) is 18.2. The zero-order valence-electron chi connectivity index (χ0n) is 15.2. The third-order valence-electron chi connectivity index (χ3n) is 4.97. The summed E-state index contributed by atoms with van der Waals surface area (Å²) in [6.07, 6.45) is 1.28. The number of hydrogen-bond donors (Lipinski definition) is 2. The average molecular weight is 405 g/mol. The van der Waals surface area contributed by atoms with E-state index in [9.17, 15) is 28.3 Å². The van der Waals surface area contributed by atoms with Crippen molar-refractivity contribution in [2.24, 2.45) is 0 Å². The number of nitrogens with zero attached hydrogens (tertiary/aromatic N) is 2. The molecule has 1 aromatic carbocycles. The number of aromatic nitrogens is 1. The van der Waals surface area contributed by atoms with Crippen molar-refractivity contribution >= 4 is 11.8 Å². The number of fused-ring (bicyclic) bond motifs is 2. The first-order valence-electron chi connectivity index (χ1n) is 8.98. The Morgan fingerprint density at radius 2 is 2.10 bits per heavy atom. The van der Waals surface area contributed by atoms with Gasteiger partial charge >= 0.3 is 0 Å². The SMILES string of the molecule is O=C(NCc1ccc(F)cc1F)c1cn2c(c(O)c1=O)C(=O)N1CCCO[C@H]1C2. The third-order valence-corrected chi connectivity index (χ3v) is 4.97. The fraction of sp³-hybridized carbons (Fsp3) is 0.316. The highest BCUT2D eigenvalue weighted by atomic mass is 19.1. The summed E-state index contributed by atoms with van der Waals surface area (Å²) in [6.45, 7) is 0.794. The Morgan fingerprint density at radius 3 is 2.86 bits per heavy atom. The van der Waals surface area contributed by atoms with E-state index in [2.05, 4.69) is 5.32 Å². The van der Waals surface area contributed by atoms with E-state index in [1.54, 1.807) is 0 Å². The fourth-order valence-electron chi connectivity index (χ4n) is 3.49. The van der Waals surface area contributed by atoms with Crippen LogP contribution in [0.3, 0.4) is 0 Å². The molecule has 0 unspecified atom stereocenters. The molecule has 152 valence electrons. The number of benzene rings is 1.